The predicted molar refractivity (Wildman–Crippen MR) is 120 cm³/mol. The average Bonchev–Trinajstić information content (AvgIpc) is 3.10. The number of rotatable bonds is 5. The molecule has 0 aliphatic carbocycles. The van der Waals surface area contributed by atoms with E-state index in [0.717, 1.165) is 5.69 Å². The van der Waals surface area contributed by atoms with E-state index < -0.39 is 10.6 Å². The van der Waals surface area contributed by atoms with Gasteiger partial charge in [-0.1, -0.05) is 11.8 Å². The van der Waals surface area contributed by atoms with Crippen LogP contribution in [-0.2, 0) is 4.75 Å². The molecule has 3 heterocycles. The van der Waals surface area contributed by atoms with Crippen LogP contribution >= 0.6 is 11.8 Å². The van der Waals surface area contributed by atoms with Crippen molar-refractivity contribution < 1.29 is 13.5 Å². The number of halogens is 2. The molecule has 1 aromatic carbocycles. The fraction of sp³-hybridized carbons (Fsp3) is 0.476. The second-order valence-electron chi connectivity index (χ2n) is 8.17. The van der Waals surface area contributed by atoms with E-state index in [1.165, 1.54) is 24.9 Å². The van der Waals surface area contributed by atoms with E-state index in [4.69, 9.17) is 10.5 Å². The first-order chi connectivity index (χ1) is 14.7. The van der Waals surface area contributed by atoms with Crippen LogP contribution in [0.5, 0.6) is 5.88 Å². The molecule has 0 amide bonds. The van der Waals surface area contributed by atoms with Gasteiger partial charge >= 0.3 is 0 Å². The predicted octanol–water partition coefficient (Wildman–Crippen LogP) is 3.29. The van der Waals surface area contributed by atoms with Crippen molar-refractivity contribution >= 4 is 28.6 Å². The summed E-state index contributed by atoms with van der Waals surface area (Å²) in [6.45, 7) is 7.05. The van der Waals surface area contributed by atoms with Gasteiger partial charge in [0.15, 0.2) is 5.17 Å². The topological polar surface area (TPSA) is 88.7 Å². The fourth-order valence-corrected chi connectivity index (χ4v) is 5.53. The standard InChI is InChI=1S/C21H26F2N6OS/c1-11(2)26-14-5-6-16(22)15(7-14)21-10-29(9-13(21)8-25-19(24)31-21)20-27-12(3)17(23)18(28-20)30-4/h5-7,11,13,26H,8-10H2,1-4H3,(H2,24,25)/t13-,21-/m0/s1. The minimum absolute atomic E-state index is 0.0199. The number of nitrogens with one attached hydrogen (secondary N) is 1. The number of thioether (sulfide) groups is 1. The molecule has 2 atom stereocenters. The van der Waals surface area contributed by atoms with Gasteiger partial charge in [-0.3, -0.25) is 4.99 Å². The molecule has 0 unspecified atom stereocenters. The Bertz CT molecular complexity index is 1030. The van der Waals surface area contributed by atoms with E-state index in [1.54, 1.807) is 13.0 Å². The second-order valence-corrected chi connectivity index (χ2v) is 9.52. The highest BCUT2D eigenvalue weighted by Crippen LogP contribution is 2.52. The van der Waals surface area contributed by atoms with Crippen molar-refractivity contribution in [2.75, 3.05) is 37.0 Å². The number of anilines is 2. The number of aromatic nitrogens is 2. The lowest BCUT2D eigenvalue weighted by atomic mass is 9.87. The van der Waals surface area contributed by atoms with Crippen LogP contribution in [0.15, 0.2) is 23.2 Å². The number of methoxy groups -OCH3 is 1. The van der Waals surface area contributed by atoms with Gasteiger partial charge in [0.2, 0.25) is 11.8 Å². The maximum absolute atomic E-state index is 15.2. The third-order valence-electron chi connectivity index (χ3n) is 5.61. The van der Waals surface area contributed by atoms with Gasteiger partial charge < -0.3 is 20.7 Å². The lowest BCUT2D eigenvalue weighted by Crippen LogP contribution is -2.40. The van der Waals surface area contributed by atoms with Gasteiger partial charge in [0.05, 0.1) is 17.6 Å². The van der Waals surface area contributed by atoms with E-state index in [-0.39, 0.29) is 29.4 Å². The maximum Gasteiger partial charge on any atom is 0.255 e. The molecule has 1 saturated heterocycles. The van der Waals surface area contributed by atoms with Gasteiger partial charge in [0.1, 0.15) is 5.82 Å². The number of benzene rings is 1. The fourth-order valence-electron chi connectivity index (χ4n) is 4.21. The molecule has 0 bridgehead atoms. The van der Waals surface area contributed by atoms with Gasteiger partial charge in [-0.15, -0.1) is 0 Å². The Labute approximate surface area is 184 Å². The number of hydrogen-bond donors (Lipinski definition) is 2. The highest BCUT2D eigenvalue weighted by atomic mass is 32.2. The maximum atomic E-state index is 15.2. The van der Waals surface area contributed by atoms with E-state index in [1.807, 2.05) is 24.8 Å². The van der Waals surface area contributed by atoms with Crippen molar-refractivity contribution in [3.05, 3.63) is 41.1 Å². The van der Waals surface area contributed by atoms with E-state index in [0.29, 0.717) is 36.3 Å². The number of hydrogen-bond acceptors (Lipinski definition) is 8. The highest BCUT2D eigenvalue weighted by molar-refractivity contribution is 8.14. The SMILES string of the molecule is COc1nc(N2C[C@@H]3CN=C(N)S[C@@]3(c3cc(NC(C)C)ccc3F)C2)nc(C)c1F. The smallest absolute Gasteiger partial charge is 0.255 e. The molecule has 1 aromatic heterocycles. The molecule has 7 nitrogen and oxygen atoms in total. The first kappa shape index (κ1) is 21.6. The Balaban J connectivity index is 1.77. The molecule has 2 aliphatic rings. The zero-order chi connectivity index (χ0) is 22.3. The molecule has 4 rings (SSSR count). The van der Waals surface area contributed by atoms with Crippen molar-refractivity contribution in [3.63, 3.8) is 0 Å². The van der Waals surface area contributed by atoms with Gasteiger partial charge in [-0.25, -0.2) is 9.37 Å². The first-order valence-corrected chi connectivity index (χ1v) is 10.9. The zero-order valence-electron chi connectivity index (χ0n) is 17.9. The minimum atomic E-state index is -0.663. The van der Waals surface area contributed by atoms with Gasteiger partial charge in [0.25, 0.3) is 5.88 Å². The molecule has 166 valence electrons. The molecule has 1 fully saturated rings. The van der Waals surface area contributed by atoms with E-state index >= 15 is 4.39 Å². The molecule has 0 saturated carbocycles. The van der Waals surface area contributed by atoms with Crippen LogP contribution in [0.2, 0.25) is 0 Å². The number of nitrogens with zero attached hydrogens (tertiary/aromatic N) is 4. The van der Waals surface area contributed by atoms with Crippen LogP contribution in [-0.4, -0.2) is 47.9 Å². The molecule has 3 N–H and O–H groups in total. The van der Waals surface area contributed by atoms with Crippen LogP contribution in [0, 0.1) is 24.5 Å². The summed E-state index contributed by atoms with van der Waals surface area (Å²) in [5, 5.41) is 3.76. The van der Waals surface area contributed by atoms with E-state index in [9.17, 15) is 4.39 Å². The summed E-state index contributed by atoms with van der Waals surface area (Å²) in [6, 6.07) is 5.28. The number of aryl methyl sites for hydroxylation is 1. The summed E-state index contributed by atoms with van der Waals surface area (Å²) < 4.78 is 33.8. The quantitative estimate of drug-likeness (QED) is 0.726. The number of fused-ring (bicyclic) bond motifs is 1. The van der Waals surface area contributed by atoms with Gasteiger partial charge in [-0.05, 0) is 39.0 Å². The third-order valence-corrected chi connectivity index (χ3v) is 6.99. The number of amidine groups is 1. The molecule has 2 aliphatic heterocycles. The average molecular weight is 449 g/mol. The van der Waals surface area contributed by atoms with Crippen molar-refractivity contribution in [1.82, 2.24) is 9.97 Å². The Kier molecular flexibility index (Phi) is 5.67. The van der Waals surface area contributed by atoms with Crippen LogP contribution in [0.25, 0.3) is 0 Å². The summed E-state index contributed by atoms with van der Waals surface area (Å²) in [4.78, 5) is 14.9. The molecule has 0 radical (unpaired) electrons. The zero-order valence-corrected chi connectivity index (χ0v) is 18.8. The summed E-state index contributed by atoms with van der Waals surface area (Å²) in [5.41, 5.74) is 7.72. The molecule has 10 heteroatoms. The lowest BCUT2D eigenvalue weighted by Gasteiger charge is -2.36. The van der Waals surface area contributed by atoms with Crippen LogP contribution in [0.3, 0.4) is 0 Å². The highest BCUT2D eigenvalue weighted by Gasteiger charge is 2.53. The first-order valence-electron chi connectivity index (χ1n) is 10.1. The summed E-state index contributed by atoms with van der Waals surface area (Å²) in [6.07, 6.45) is 0. The van der Waals surface area contributed by atoms with Crippen LogP contribution in [0.4, 0.5) is 20.4 Å². The Morgan fingerprint density at radius 1 is 1.32 bits per heavy atom. The molecule has 31 heavy (non-hydrogen) atoms. The van der Waals surface area contributed by atoms with Crippen molar-refractivity contribution in [2.24, 2.45) is 16.6 Å². The largest absolute Gasteiger partial charge is 0.479 e. The summed E-state index contributed by atoms with van der Waals surface area (Å²) >= 11 is 1.37. The number of aliphatic imine (C=N–C) groups is 1. The molecular weight excluding hydrogens is 422 g/mol. The Morgan fingerprint density at radius 3 is 2.81 bits per heavy atom. The monoisotopic (exact) mass is 448 g/mol. The molecule has 0 spiro atoms. The van der Waals surface area contributed by atoms with Crippen molar-refractivity contribution in [1.29, 1.82) is 0 Å². The van der Waals surface area contributed by atoms with E-state index in [2.05, 4.69) is 20.3 Å². The van der Waals surface area contributed by atoms with Gasteiger partial charge in [-0.2, -0.15) is 9.37 Å². The van der Waals surface area contributed by atoms with Crippen LogP contribution in [0.1, 0.15) is 25.1 Å². The lowest BCUT2D eigenvalue weighted by molar-refractivity contribution is 0.365. The van der Waals surface area contributed by atoms with Crippen molar-refractivity contribution in [2.45, 2.75) is 31.6 Å². The number of nitrogens with two attached hydrogens (primary N) is 1. The second kappa shape index (κ2) is 8.14. The van der Waals surface area contributed by atoms with Gasteiger partial charge in [0, 0.05) is 42.8 Å². The Morgan fingerprint density at radius 2 is 2.10 bits per heavy atom. The summed E-state index contributed by atoms with van der Waals surface area (Å²) in [7, 11) is 1.37. The van der Waals surface area contributed by atoms with Crippen molar-refractivity contribution in [3.8, 4) is 5.88 Å². The molecule has 2 aromatic rings. The third kappa shape index (κ3) is 3.88. The molecular formula is C21H26F2N6OS. The Hall–Kier alpha value is -2.62. The summed E-state index contributed by atoms with van der Waals surface area (Å²) in [5.74, 6) is -0.659. The minimum Gasteiger partial charge on any atom is -0.479 e. The normalized spacial score (nSPS) is 23.0. The number of ether oxygens (including phenoxy) is 1. The van der Waals surface area contributed by atoms with Crippen LogP contribution < -0.4 is 20.7 Å².